The van der Waals surface area contributed by atoms with Crippen LogP contribution in [-0.4, -0.2) is 10.5 Å². The van der Waals surface area contributed by atoms with Crippen molar-refractivity contribution in [1.82, 2.24) is 4.57 Å². The number of nitrogen functional groups attached to an aromatic ring is 1. The molecule has 0 atom stereocenters. The predicted octanol–water partition coefficient (Wildman–Crippen LogP) is 3.53. The van der Waals surface area contributed by atoms with Crippen molar-refractivity contribution >= 4 is 28.9 Å². The van der Waals surface area contributed by atoms with Crippen molar-refractivity contribution in [3.8, 4) is 0 Å². The van der Waals surface area contributed by atoms with Gasteiger partial charge in [-0.25, -0.2) is 0 Å². The molecule has 0 spiro atoms. The number of amides is 1. The molecule has 112 valence electrons. The average molecular weight is 318 g/mol. The van der Waals surface area contributed by atoms with Crippen LogP contribution in [0.5, 0.6) is 0 Å². The molecular formula is C13H11ClF3N3O. The standard InChI is InChI=1S/C13H11ClF3N3O/c1-20-6-9(18)5-11(20)12(21)19-10-3-7(13(15,16)17)2-8(14)4-10/h2-6H,18H2,1H3,(H,19,21). The van der Waals surface area contributed by atoms with Gasteiger partial charge in [0.2, 0.25) is 0 Å². The van der Waals surface area contributed by atoms with Crippen LogP contribution < -0.4 is 11.1 Å². The van der Waals surface area contributed by atoms with E-state index in [0.717, 1.165) is 12.1 Å². The molecule has 3 N–H and O–H groups in total. The lowest BCUT2D eigenvalue weighted by atomic mass is 10.2. The first-order chi connectivity index (χ1) is 9.66. The van der Waals surface area contributed by atoms with E-state index in [-0.39, 0.29) is 16.4 Å². The third kappa shape index (κ3) is 3.49. The Kier molecular flexibility index (Phi) is 3.87. The van der Waals surface area contributed by atoms with Crippen LogP contribution in [0.2, 0.25) is 5.02 Å². The average Bonchev–Trinajstić information content (AvgIpc) is 2.66. The second-order valence-electron chi connectivity index (χ2n) is 4.45. The number of anilines is 2. The molecule has 8 heteroatoms. The summed E-state index contributed by atoms with van der Waals surface area (Å²) in [5, 5.41) is 2.25. The zero-order valence-corrected chi connectivity index (χ0v) is 11.6. The third-order valence-electron chi connectivity index (χ3n) is 2.74. The fourth-order valence-electron chi connectivity index (χ4n) is 1.84. The molecule has 0 saturated heterocycles. The van der Waals surface area contributed by atoms with E-state index in [1.54, 1.807) is 7.05 Å². The van der Waals surface area contributed by atoms with Crippen LogP contribution in [-0.2, 0) is 13.2 Å². The molecule has 2 rings (SSSR count). The quantitative estimate of drug-likeness (QED) is 0.890. The van der Waals surface area contributed by atoms with E-state index in [9.17, 15) is 18.0 Å². The summed E-state index contributed by atoms with van der Waals surface area (Å²) in [6.45, 7) is 0. The highest BCUT2D eigenvalue weighted by Gasteiger charge is 2.31. The molecule has 0 unspecified atom stereocenters. The maximum Gasteiger partial charge on any atom is 0.416 e. The maximum absolute atomic E-state index is 12.7. The Hall–Kier alpha value is -2.15. The van der Waals surface area contributed by atoms with Gasteiger partial charge >= 0.3 is 6.18 Å². The highest BCUT2D eigenvalue weighted by atomic mass is 35.5. The van der Waals surface area contributed by atoms with E-state index in [1.165, 1.54) is 22.9 Å². The van der Waals surface area contributed by atoms with Gasteiger partial charge in [-0.3, -0.25) is 4.79 Å². The minimum absolute atomic E-state index is 0.0420. The fourth-order valence-corrected chi connectivity index (χ4v) is 2.07. The van der Waals surface area contributed by atoms with Gasteiger partial charge in [0.05, 0.1) is 11.3 Å². The van der Waals surface area contributed by atoms with Crippen LogP contribution in [0.15, 0.2) is 30.5 Å². The van der Waals surface area contributed by atoms with E-state index in [4.69, 9.17) is 17.3 Å². The zero-order chi connectivity index (χ0) is 15.8. The Bertz CT molecular complexity index is 694. The van der Waals surface area contributed by atoms with Gasteiger partial charge in [0, 0.05) is 24.0 Å². The summed E-state index contributed by atoms with van der Waals surface area (Å²) >= 11 is 5.64. The van der Waals surface area contributed by atoms with Crippen molar-refractivity contribution in [3.05, 3.63) is 46.7 Å². The summed E-state index contributed by atoms with van der Waals surface area (Å²) in [6.07, 6.45) is -3.02. The number of hydrogen-bond donors (Lipinski definition) is 2. The van der Waals surface area contributed by atoms with Gasteiger partial charge in [-0.05, 0) is 24.3 Å². The number of aryl methyl sites for hydroxylation is 1. The molecule has 0 aliphatic carbocycles. The summed E-state index contributed by atoms with van der Waals surface area (Å²) in [5.41, 5.74) is 5.17. The Morgan fingerprint density at radius 3 is 2.48 bits per heavy atom. The van der Waals surface area contributed by atoms with Crippen LogP contribution in [0.25, 0.3) is 0 Å². The number of carbonyl (C=O) groups excluding carboxylic acids is 1. The Morgan fingerprint density at radius 1 is 1.29 bits per heavy atom. The second-order valence-corrected chi connectivity index (χ2v) is 4.89. The molecule has 4 nitrogen and oxygen atoms in total. The van der Waals surface area contributed by atoms with Gasteiger partial charge in [-0.2, -0.15) is 13.2 Å². The van der Waals surface area contributed by atoms with Crippen molar-refractivity contribution in [2.75, 3.05) is 11.1 Å². The molecular weight excluding hydrogens is 307 g/mol. The highest BCUT2D eigenvalue weighted by Crippen LogP contribution is 2.33. The summed E-state index contributed by atoms with van der Waals surface area (Å²) in [5.74, 6) is -0.579. The molecule has 0 aliphatic rings. The SMILES string of the molecule is Cn1cc(N)cc1C(=O)Nc1cc(Cl)cc(C(F)(F)F)c1. The molecule has 1 aromatic heterocycles. The molecule has 21 heavy (non-hydrogen) atoms. The van der Waals surface area contributed by atoms with Gasteiger partial charge < -0.3 is 15.6 Å². The number of hydrogen-bond acceptors (Lipinski definition) is 2. The highest BCUT2D eigenvalue weighted by molar-refractivity contribution is 6.31. The first-order valence-electron chi connectivity index (χ1n) is 5.78. The minimum Gasteiger partial charge on any atom is -0.397 e. The second kappa shape index (κ2) is 5.33. The normalized spacial score (nSPS) is 11.5. The number of alkyl halides is 3. The number of nitrogens with one attached hydrogen (secondary N) is 1. The monoisotopic (exact) mass is 317 g/mol. The van der Waals surface area contributed by atoms with Crippen molar-refractivity contribution in [1.29, 1.82) is 0 Å². The number of nitrogens with two attached hydrogens (primary N) is 1. The smallest absolute Gasteiger partial charge is 0.397 e. The predicted molar refractivity (Wildman–Crippen MR) is 74.2 cm³/mol. The zero-order valence-electron chi connectivity index (χ0n) is 10.8. The minimum atomic E-state index is -4.54. The maximum atomic E-state index is 12.7. The number of aromatic nitrogens is 1. The van der Waals surface area contributed by atoms with Crippen LogP contribution in [0.1, 0.15) is 16.1 Å². The van der Waals surface area contributed by atoms with Gasteiger partial charge in [-0.1, -0.05) is 11.6 Å². The molecule has 0 radical (unpaired) electrons. The third-order valence-corrected chi connectivity index (χ3v) is 2.96. The van der Waals surface area contributed by atoms with Gasteiger partial charge in [0.1, 0.15) is 5.69 Å². The van der Waals surface area contributed by atoms with Gasteiger partial charge in [0.15, 0.2) is 0 Å². The van der Waals surface area contributed by atoms with Crippen molar-refractivity contribution in [3.63, 3.8) is 0 Å². The van der Waals surface area contributed by atoms with E-state index in [2.05, 4.69) is 5.32 Å². The van der Waals surface area contributed by atoms with Crippen molar-refractivity contribution in [2.45, 2.75) is 6.18 Å². The molecule has 2 aromatic rings. The summed E-state index contributed by atoms with van der Waals surface area (Å²) in [4.78, 5) is 12.0. The first-order valence-corrected chi connectivity index (χ1v) is 6.15. The van der Waals surface area contributed by atoms with Crippen molar-refractivity contribution < 1.29 is 18.0 Å². The van der Waals surface area contributed by atoms with E-state index >= 15 is 0 Å². The topological polar surface area (TPSA) is 60.0 Å². The first kappa shape index (κ1) is 15.2. The molecule has 0 bridgehead atoms. The molecule has 0 saturated carbocycles. The lowest BCUT2D eigenvalue weighted by molar-refractivity contribution is -0.137. The summed E-state index contributed by atoms with van der Waals surface area (Å²) in [7, 11) is 1.60. The number of benzene rings is 1. The summed E-state index contributed by atoms with van der Waals surface area (Å²) < 4.78 is 39.5. The Labute approximate surface area is 123 Å². The Morgan fingerprint density at radius 2 is 1.95 bits per heavy atom. The Balaban J connectivity index is 2.29. The number of carbonyl (C=O) groups is 1. The lowest BCUT2D eigenvalue weighted by Crippen LogP contribution is -2.16. The summed E-state index contributed by atoms with van der Waals surface area (Å²) in [6, 6.07) is 4.26. The van der Waals surface area contributed by atoms with Gasteiger partial charge in [0.25, 0.3) is 5.91 Å². The van der Waals surface area contributed by atoms with Crippen molar-refractivity contribution in [2.24, 2.45) is 7.05 Å². The number of nitrogens with zero attached hydrogens (tertiary/aromatic N) is 1. The largest absolute Gasteiger partial charge is 0.416 e. The molecule has 0 aliphatic heterocycles. The van der Waals surface area contributed by atoms with E-state index < -0.39 is 17.6 Å². The number of rotatable bonds is 2. The molecule has 1 aromatic carbocycles. The van der Waals surface area contributed by atoms with Crippen LogP contribution in [0, 0.1) is 0 Å². The molecule has 1 heterocycles. The van der Waals surface area contributed by atoms with E-state index in [1.807, 2.05) is 0 Å². The lowest BCUT2D eigenvalue weighted by Gasteiger charge is -2.11. The molecule has 1 amide bonds. The van der Waals surface area contributed by atoms with Crippen LogP contribution in [0.3, 0.4) is 0 Å². The van der Waals surface area contributed by atoms with E-state index in [0.29, 0.717) is 5.69 Å². The van der Waals surface area contributed by atoms with Crippen LogP contribution in [0.4, 0.5) is 24.5 Å². The van der Waals surface area contributed by atoms with Gasteiger partial charge in [-0.15, -0.1) is 0 Å². The molecule has 0 fully saturated rings. The van der Waals surface area contributed by atoms with Crippen LogP contribution >= 0.6 is 11.6 Å². The fraction of sp³-hybridized carbons (Fsp3) is 0.154. The number of halogens is 4.